The molecule has 0 bridgehead atoms. The van der Waals surface area contributed by atoms with Gasteiger partial charge in [-0.2, -0.15) is 0 Å². The van der Waals surface area contributed by atoms with Crippen LogP contribution in [0.3, 0.4) is 0 Å². The standard InChI is InChI=1S/C12H14ClNO2S/c1-16-9-3-4-10-11(15)8-14(6-2-5-13)17-12(10)7-9/h3-4,7H,2,5-6,8H2,1H3. The number of carbonyl (C=O) groups excluding carboxylic acids is 1. The van der Waals surface area contributed by atoms with Gasteiger partial charge in [0.2, 0.25) is 0 Å². The fourth-order valence-electron chi connectivity index (χ4n) is 1.71. The van der Waals surface area contributed by atoms with E-state index in [1.54, 1.807) is 19.1 Å². The zero-order valence-electron chi connectivity index (χ0n) is 9.61. The Morgan fingerprint density at radius 3 is 3.06 bits per heavy atom. The minimum atomic E-state index is 0.163. The first-order valence-electron chi connectivity index (χ1n) is 5.44. The molecule has 0 atom stereocenters. The Morgan fingerprint density at radius 2 is 2.35 bits per heavy atom. The molecule has 92 valence electrons. The van der Waals surface area contributed by atoms with E-state index in [0.717, 1.165) is 29.2 Å². The van der Waals surface area contributed by atoms with Crippen LogP contribution >= 0.6 is 23.5 Å². The Morgan fingerprint density at radius 1 is 1.53 bits per heavy atom. The molecule has 1 aromatic rings. The van der Waals surface area contributed by atoms with E-state index < -0.39 is 0 Å². The van der Waals surface area contributed by atoms with Crippen LogP contribution in [0.2, 0.25) is 0 Å². The number of ketones is 1. The monoisotopic (exact) mass is 271 g/mol. The zero-order chi connectivity index (χ0) is 12.3. The highest BCUT2D eigenvalue weighted by molar-refractivity contribution is 7.97. The number of methoxy groups -OCH3 is 1. The van der Waals surface area contributed by atoms with Crippen molar-refractivity contribution in [3.05, 3.63) is 23.8 Å². The lowest BCUT2D eigenvalue weighted by molar-refractivity contribution is 0.0962. The number of rotatable bonds is 4. The molecule has 2 rings (SSSR count). The fourth-order valence-corrected chi connectivity index (χ4v) is 2.96. The van der Waals surface area contributed by atoms with Crippen molar-refractivity contribution in [2.75, 3.05) is 26.1 Å². The average Bonchev–Trinajstić information content (AvgIpc) is 2.35. The second kappa shape index (κ2) is 5.76. The molecule has 17 heavy (non-hydrogen) atoms. The summed E-state index contributed by atoms with van der Waals surface area (Å²) < 4.78 is 7.22. The van der Waals surface area contributed by atoms with Crippen LogP contribution in [0, 0.1) is 0 Å². The number of halogens is 1. The van der Waals surface area contributed by atoms with Gasteiger partial charge in [0, 0.05) is 22.9 Å². The highest BCUT2D eigenvalue weighted by Gasteiger charge is 2.23. The highest BCUT2D eigenvalue weighted by atomic mass is 35.5. The van der Waals surface area contributed by atoms with Crippen LogP contribution in [0.5, 0.6) is 5.75 Å². The summed E-state index contributed by atoms with van der Waals surface area (Å²) in [5.41, 5.74) is 0.790. The van der Waals surface area contributed by atoms with E-state index >= 15 is 0 Å². The van der Waals surface area contributed by atoms with Crippen molar-refractivity contribution in [1.82, 2.24) is 4.31 Å². The molecule has 0 radical (unpaired) electrons. The maximum absolute atomic E-state index is 11.9. The Labute approximate surface area is 110 Å². The molecule has 3 nitrogen and oxygen atoms in total. The molecule has 1 aliphatic heterocycles. The molecule has 1 heterocycles. The van der Waals surface area contributed by atoms with Crippen LogP contribution in [0.15, 0.2) is 23.1 Å². The Balaban J connectivity index is 2.18. The van der Waals surface area contributed by atoms with E-state index in [4.69, 9.17) is 16.3 Å². The van der Waals surface area contributed by atoms with Gasteiger partial charge in [-0.15, -0.1) is 11.6 Å². The summed E-state index contributed by atoms with van der Waals surface area (Å²) in [6, 6.07) is 5.57. The van der Waals surface area contributed by atoms with Crippen LogP contribution in [-0.2, 0) is 0 Å². The van der Waals surface area contributed by atoms with E-state index in [1.807, 2.05) is 22.5 Å². The molecule has 0 saturated heterocycles. The topological polar surface area (TPSA) is 29.5 Å². The van der Waals surface area contributed by atoms with E-state index in [1.165, 1.54) is 0 Å². The third kappa shape index (κ3) is 2.94. The predicted octanol–water partition coefficient (Wildman–Crippen LogP) is 2.83. The van der Waals surface area contributed by atoms with Crippen molar-refractivity contribution in [1.29, 1.82) is 0 Å². The van der Waals surface area contributed by atoms with Gasteiger partial charge in [0.05, 0.1) is 13.7 Å². The largest absolute Gasteiger partial charge is 0.497 e. The number of ether oxygens (including phenoxy) is 1. The molecule has 5 heteroatoms. The molecule has 0 fully saturated rings. The fraction of sp³-hybridized carbons (Fsp3) is 0.417. The van der Waals surface area contributed by atoms with Gasteiger partial charge in [-0.1, -0.05) is 0 Å². The first kappa shape index (κ1) is 12.7. The van der Waals surface area contributed by atoms with Crippen molar-refractivity contribution in [2.24, 2.45) is 0 Å². The summed E-state index contributed by atoms with van der Waals surface area (Å²) in [7, 11) is 1.63. The minimum absolute atomic E-state index is 0.163. The lowest BCUT2D eigenvalue weighted by Crippen LogP contribution is -2.29. The van der Waals surface area contributed by atoms with Crippen molar-refractivity contribution < 1.29 is 9.53 Å². The molecule has 1 aromatic carbocycles. The number of benzene rings is 1. The van der Waals surface area contributed by atoms with Gasteiger partial charge in [0.25, 0.3) is 0 Å². The van der Waals surface area contributed by atoms with Crippen molar-refractivity contribution >= 4 is 29.3 Å². The number of nitrogens with zero attached hydrogens (tertiary/aromatic N) is 1. The SMILES string of the molecule is COc1ccc2c(c1)SN(CCCCl)CC2=O. The van der Waals surface area contributed by atoms with E-state index in [-0.39, 0.29) is 5.78 Å². The van der Waals surface area contributed by atoms with Crippen molar-refractivity contribution in [2.45, 2.75) is 11.3 Å². The van der Waals surface area contributed by atoms with Crippen LogP contribution in [0.25, 0.3) is 0 Å². The van der Waals surface area contributed by atoms with E-state index in [2.05, 4.69) is 0 Å². The van der Waals surface area contributed by atoms with Crippen LogP contribution in [0.4, 0.5) is 0 Å². The average molecular weight is 272 g/mol. The maximum atomic E-state index is 11.9. The second-order valence-corrected chi connectivity index (χ2v) is 5.30. The molecule has 0 spiro atoms. The van der Waals surface area contributed by atoms with Gasteiger partial charge in [-0.05, 0) is 36.6 Å². The summed E-state index contributed by atoms with van der Waals surface area (Å²) in [6.07, 6.45) is 0.890. The molecule has 0 aliphatic carbocycles. The molecular formula is C12H14ClNO2S. The van der Waals surface area contributed by atoms with Gasteiger partial charge < -0.3 is 4.74 Å². The smallest absolute Gasteiger partial charge is 0.178 e. The number of hydrogen-bond donors (Lipinski definition) is 0. The number of alkyl halides is 1. The Kier molecular flexibility index (Phi) is 4.31. The van der Waals surface area contributed by atoms with Gasteiger partial charge in [0.15, 0.2) is 5.78 Å². The molecule has 0 amide bonds. The third-order valence-corrected chi connectivity index (χ3v) is 3.95. The summed E-state index contributed by atoms with van der Waals surface area (Å²) >= 11 is 7.27. The minimum Gasteiger partial charge on any atom is -0.497 e. The molecule has 0 saturated carbocycles. The summed E-state index contributed by atoms with van der Waals surface area (Å²) in [6.45, 7) is 1.29. The van der Waals surface area contributed by atoms with Gasteiger partial charge in [-0.3, -0.25) is 4.79 Å². The number of hydrogen-bond acceptors (Lipinski definition) is 4. The van der Waals surface area contributed by atoms with Crippen LogP contribution < -0.4 is 4.74 Å². The lowest BCUT2D eigenvalue weighted by Gasteiger charge is -2.26. The molecular weight excluding hydrogens is 258 g/mol. The molecule has 1 aliphatic rings. The van der Waals surface area contributed by atoms with E-state index in [0.29, 0.717) is 12.4 Å². The van der Waals surface area contributed by atoms with Gasteiger partial charge in [-0.25, -0.2) is 4.31 Å². The Bertz CT molecular complexity index is 425. The lowest BCUT2D eigenvalue weighted by atomic mass is 10.1. The number of fused-ring (bicyclic) bond motifs is 1. The van der Waals surface area contributed by atoms with Crippen LogP contribution in [0.1, 0.15) is 16.8 Å². The zero-order valence-corrected chi connectivity index (χ0v) is 11.2. The van der Waals surface area contributed by atoms with Crippen LogP contribution in [-0.4, -0.2) is 36.2 Å². The molecule has 0 unspecified atom stereocenters. The first-order valence-corrected chi connectivity index (χ1v) is 6.75. The van der Waals surface area contributed by atoms with Crippen molar-refractivity contribution in [3.8, 4) is 5.75 Å². The summed E-state index contributed by atoms with van der Waals surface area (Å²) in [4.78, 5) is 12.9. The maximum Gasteiger partial charge on any atom is 0.178 e. The van der Waals surface area contributed by atoms with Gasteiger partial charge in [0.1, 0.15) is 5.75 Å². The second-order valence-electron chi connectivity index (χ2n) is 3.78. The van der Waals surface area contributed by atoms with Crippen molar-refractivity contribution in [3.63, 3.8) is 0 Å². The third-order valence-electron chi connectivity index (χ3n) is 2.58. The Hall–Kier alpha value is -0.710. The number of carbonyl (C=O) groups is 1. The molecule has 0 N–H and O–H groups in total. The quantitative estimate of drug-likeness (QED) is 0.622. The normalized spacial score (nSPS) is 15.8. The molecule has 0 aromatic heterocycles. The first-order chi connectivity index (χ1) is 8.24. The number of Topliss-reactive ketones (excluding diaryl/α,β-unsaturated/α-hetero) is 1. The highest BCUT2D eigenvalue weighted by Crippen LogP contribution is 2.34. The van der Waals surface area contributed by atoms with Gasteiger partial charge >= 0.3 is 0 Å². The van der Waals surface area contributed by atoms with E-state index in [9.17, 15) is 4.79 Å². The predicted molar refractivity (Wildman–Crippen MR) is 70.1 cm³/mol. The summed E-state index contributed by atoms with van der Waals surface area (Å²) in [5.74, 6) is 1.56. The summed E-state index contributed by atoms with van der Waals surface area (Å²) in [5, 5.41) is 0.